The molecule has 0 fully saturated rings. The van der Waals surface area contributed by atoms with Gasteiger partial charge in [0.1, 0.15) is 16.4 Å². The number of ether oxygens (including phenoxy) is 2. The van der Waals surface area contributed by atoms with Crippen LogP contribution in [-0.2, 0) is 22.0 Å². The summed E-state index contributed by atoms with van der Waals surface area (Å²) in [5.41, 5.74) is 3.74. The lowest BCUT2D eigenvalue weighted by atomic mass is 10.0. The molecule has 0 aromatic heterocycles. The lowest BCUT2D eigenvalue weighted by Crippen LogP contribution is -2.26. The Bertz CT molecular complexity index is 1720. The molecule has 0 aliphatic heterocycles. The molecule has 230 valence electrons. The summed E-state index contributed by atoms with van der Waals surface area (Å²) in [5, 5.41) is 14.5. The van der Waals surface area contributed by atoms with E-state index in [1.165, 1.54) is 14.2 Å². The van der Waals surface area contributed by atoms with Crippen LogP contribution in [0.15, 0.2) is 95.9 Å². The van der Waals surface area contributed by atoms with Crippen LogP contribution in [-0.4, -0.2) is 59.3 Å². The number of carbonyl (C=O) groups excluding carboxylic acids is 2. The number of aryl methyl sites for hydroxylation is 1. The van der Waals surface area contributed by atoms with Crippen molar-refractivity contribution in [2.45, 2.75) is 23.5 Å². The molecule has 0 radical (unpaired) electrons. The molecule has 4 aromatic rings. The Kier molecular flexibility index (Phi) is 11.1. The molecule has 44 heavy (non-hydrogen) atoms. The van der Waals surface area contributed by atoms with Crippen LogP contribution < -0.4 is 20.1 Å². The normalized spacial score (nSPS) is 11.1. The number of benzene rings is 4. The lowest BCUT2D eigenvalue weighted by Gasteiger charge is -2.13. The van der Waals surface area contributed by atoms with Gasteiger partial charge in [0.05, 0.1) is 32.1 Å². The summed E-state index contributed by atoms with van der Waals surface area (Å²) >= 11 is 0. The van der Waals surface area contributed by atoms with E-state index in [-0.39, 0.29) is 41.4 Å². The predicted octanol–water partition coefficient (Wildman–Crippen LogP) is 4.43. The number of amides is 2. The molecule has 0 atom stereocenters. The first kappa shape index (κ1) is 32.2. The number of rotatable bonds is 14. The van der Waals surface area contributed by atoms with Gasteiger partial charge in [-0.05, 0) is 71.5 Å². The number of methoxy groups -OCH3 is 2. The number of para-hydroxylation sites is 1. The van der Waals surface area contributed by atoms with Gasteiger partial charge in [0.2, 0.25) is 0 Å². The molecule has 3 N–H and O–H groups in total. The Morgan fingerprint density at radius 2 is 1.43 bits per heavy atom. The van der Waals surface area contributed by atoms with Crippen molar-refractivity contribution < 1.29 is 32.6 Å². The van der Waals surface area contributed by atoms with Crippen molar-refractivity contribution in [2.75, 3.05) is 33.9 Å². The number of sulfone groups is 1. The summed E-state index contributed by atoms with van der Waals surface area (Å²) in [7, 11) is -0.870. The van der Waals surface area contributed by atoms with Crippen LogP contribution in [0.2, 0.25) is 0 Å². The van der Waals surface area contributed by atoms with Gasteiger partial charge in [-0.2, -0.15) is 0 Å². The van der Waals surface area contributed by atoms with Gasteiger partial charge in [-0.1, -0.05) is 54.6 Å². The molecular weight excluding hydrogens is 580 g/mol. The van der Waals surface area contributed by atoms with Crippen LogP contribution in [0.3, 0.4) is 0 Å². The Labute approximate surface area is 257 Å². The zero-order valence-corrected chi connectivity index (χ0v) is 25.5. The summed E-state index contributed by atoms with van der Waals surface area (Å²) in [4.78, 5) is 25.0. The molecular formula is C34H36N2O7S. The van der Waals surface area contributed by atoms with Crippen molar-refractivity contribution in [2.24, 2.45) is 0 Å². The molecule has 2 amide bonds. The van der Waals surface area contributed by atoms with Crippen LogP contribution in [0, 0.1) is 0 Å². The van der Waals surface area contributed by atoms with Crippen molar-refractivity contribution in [3.63, 3.8) is 0 Å². The topological polar surface area (TPSA) is 131 Å². The number of nitrogens with one attached hydrogen (secondary N) is 2. The maximum Gasteiger partial charge on any atom is 0.255 e. The number of carbonyl (C=O) groups is 2. The van der Waals surface area contributed by atoms with E-state index in [0.717, 1.165) is 5.56 Å². The van der Waals surface area contributed by atoms with Gasteiger partial charge in [0.15, 0.2) is 9.84 Å². The maximum absolute atomic E-state index is 13.7. The highest BCUT2D eigenvalue weighted by molar-refractivity contribution is 7.90. The fourth-order valence-electron chi connectivity index (χ4n) is 4.80. The Morgan fingerprint density at radius 3 is 2.20 bits per heavy atom. The first-order chi connectivity index (χ1) is 21.2. The van der Waals surface area contributed by atoms with E-state index in [2.05, 4.69) is 10.6 Å². The maximum atomic E-state index is 13.7. The van der Waals surface area contributed by atoms with E-state index in [0.29, 0.717) is 53.0 Å². The predicted molar refractivity (Wildman–Crippen MR) is 169 cm³/mol. The minimum absolute atomic E-state index is 0.0529. The van der Waals surface area contributed by atoms with E-state index >= 15 is 0 Å². The average molecular weight is 617 g/mol. The summed E-state index contributed by atoms with van der Waals surface area (Å²) in [6, 6.07) is 26.2. The molecule has 0 unspecified atom stereocenters. The molecule has 9 nitrogen and oxygen atoms in total. The second-order valence-corrected chi connectivity index (χ2v) is 12.0. The monoisotopic (exact) mass is 616 g/mol. The fraction of sp³-hybridized carbons (Fsp3) is 0.235. The zero-order chi connectivity index (χ0) is 31.5. The van der Waals surface area contributed by atoms with Crippen molar-refractivity contribution in [1.82, 2.24) is 10.6 Å². The van der Waals surface area contributed by atoms with Crippen molar-refractivity contribution in [3.8, 4) is 22.6 Å². The number of hydrogen-bond acceptors (Lipinski definition) is 7. The highest BCUT2D eigenvalue weighted by Gasteiger charge is 2.22. The largest absolute Gasteiger partial charge is 0.496 e. The summed E-state index contributed by atoms with van der Waals surface area (Å²) in [6.45, 7) is 0.417. The highest BCUT2D eigenvalue weighted by atomic mass is 32.2. The molecule has 10 heteroatoms. The number of aliphatic hydroxyl groups excluding tert-OH is 1. The van der Waals surface area contributed by atoms with Gasteiger partial charge in [0.25, 0.3) is 11.8 Å². The first-order valence-electron chi connectivity index (χ1n) is 14.1. The summed E-state index contributed by atoms with van der Waals surface area (Å²) in [6.07, 6.45) is 1.32. The Morgan fingerprint density at radius 1 is 0.727 bits per heavy atom. The zero-order valence-electron chi connectivity index (χ0n) is 24.7. The molecule has 4 rings (SSSR count). The van der Waals surface area contributed by atoms with Crippen LogP contribution in [0.5, 0.6) is 11.5 Å². The minimum atomic E-state index is -3.82. The van der Waals surface area contributed by atoms with E-state index < -0.39 is 9.84 Å². The van der Waals surface area contributed by atoms with Gasteiger partial charge >= 0.3 is 0 Å². The van der Waals surface area contributed by atoms with E-state index in [4.69, 9.17) is 14.6 Å². The van der Waals surface area contributed by atoms with Gasteiger partial charge in [-0.3, -0.25) is 9.59 Å². The van der Waals surface area contributed by atoms with Crippen molar-refractivity contribution in [3.05, 3.63) is 113 Å². The van der Waals surface area contributed by atoms with Gasteiger partial charge in [-0.25, -0.2) is 8.42 Å². The number of hydrogen-bond donors (Lipinski definition) is 3. The Hall–Kier alpha value is -4.67. The third kappa shape index (κ3) is 8.24. The third-order valence-electron chi connectivity index (χ3n) is 6.98. The molecule has 0 saturated carbocycles. The molecule has 0 aliphatic carbocycles. The van der Waals surface area contributed by atoms with Crippen molar-refractivity contribution >= 4 is 21.7 Å². The van der Waals surface area contributed by atoms with Crippen LogP contribution in [0.4, 0.5) is 0 Å². The van der Waals surface area contributed by atoms with Crippen LogP contribution >= 0.6 is 0 Å². The molecule has 0 spiro atoms. The first-order valence-corrected chi connectivity index (χ1v) is 15.8. The van der Waals surface area contributed by atoms with Crippen molar-refractivity contribution in [1.29, 1.82) is 0 Å². The fourth-order valence-corrected chi connectivity index (χ4v) is 6.34. The standard InChI is InChI=1S/C34H36N2O7S/c1-42-30-14-4-3-13-29(30)34(39)35-17-7-10-24-8-5-9-25(20-24)23-44(40,41)32-22-27(15-16-31(32)43-2)26-11-6-12-28(21-26)33(38)36-18-19-37/h3-6,8-9,11-16,20-22,37H,7,10,17-19,23H2,1-2H3,(H,35,39)(H,36,38). The van der Waals surface area contributed by atoms with E-state index in [1.54, 1.807) is 72.8 Å². The van der Waals surface area contributed by atoms with Gasteiger partial charge in [-0.15, -0.1) is 0 Å². The van der Waals surface area contributed by atoms with E-state index in [1.807, 2.05) is 18.2 Å². The second kappa shape index (κ2) is 15.2. The molecule has 4 aromatic carbocycles. The quantitative estimate of drug-likeness (QED) is 0.179. The van der Waals surface area contributed by atoms with Gasteiger partial charge in [0, 0.05) is 18.7 Å². The summed E-state index contributed by atoms with van der Waals surface area (Å²) in [5.74, 6) is -0.0330. The molecule has 0 heterocycles. The third-order valence-corrected chi connectivity index (χ3v) is 8.68. The average Bonchev–Trinajstić information content (AvgIpc) is 3.05. The SMILES string of the molecule is COc1ccccc1C(=O)NCCCc1cccc(CS(=O)(=O)c2cc(-c3cccc(C(=O)NCCO)c3)ccc2OC)c1. The second-order valence-electron chi connectivity index (χ2n) is 10.1. The Balaban J connectivity index is 1.45. The highest BCUT2D eigenvalue weighted by Crippen LogP contribution is 2.32. The number of aliphatic hydroxyl groups is 1. The lowest BCUT2D eigenvalue weighted by molar-refractivity contribution is 0.0939. The molecule has 0 saturated heterocycles. The smallest absolute Gasteiger partial charge is 0.255 e. The summed E-state index contributed by atoms with van der Waals surface area (Å²) < 4.78 is 38.0. The van der Waals surface area contributed by atoms with Gasteiger partial charge < -0.3 is 25.2 Å². The minimum Gasteiger partial charge on any atom is -0.496 e. The van der Waals surface area contributed by atoms with E-state index in [9.17, 15) is 18.0 Å². The van der Waals surface area contributed by atoms with Crippen LogP contribution in [0.1, 0.15) is 38.3 Å². The molecule has 0 bridgehead atoms. The van der Waals surface area contributed by atoms with Crippen LogP contribution in [0.25, 0.3) is 11.1 Å². The molecule has 0 aliphatic rings.